The zero-order chi connectivity index (χ0) is 19.0. The minimum atomic E-state index is -3.37. The fraction of sp³-hybridized carbons (Fsp3) is 0.333. The highest BCUT2D eigenvalue weighted by molar-refractivity contribution is 7.91. The second kappa shape index (κ2) is 7.06. The maximum Gasteiger partial charge on any atom is 0.332 e. The van der Waals surface area contributed by atoms with E-state index in [1.54, 1.807) is 47.4 Å². The summed E-state index contributed by atoms with van der Waals surface area (Å²) < 4.78 is 24.9. The van der Waals surface area contributed by atoms with E-state index in [9.17, 15) is 18.0 Å². The van der Waals surface area contributed by atoms with Crippen LogP contribution < -0.4 is 4.90 Å². The van der Waals surface area contributed by atoms with Gasteiger partial charge in [-0.3, -0.25) is 9.69 Å². The topological polar surface area (TPSA) is 78.0 Å². The van der Waals surface area contributed by atoms with Crippen molar-refractivity contribution < 1.29 is 18.0 Å². The van der Waals surface area contributed by atoms with Gasteiger partial charge in [0.15, 0.2) is 9.84 Å². The standard InChI is InChI=1S/C18H19N3O4S2/c22-17-15-13-19(10-12-27(24,25)14-5-2-1-3-6-14)8-9-20(15)18(23)21(17)16-7-4-11-26-16/h1-7,11,15H,8-10,12-13H2. The number of amides is 3. The van der Waals surface area contributed by atoms with Crippen molar-refractivity contribution in [1.29, 1.82) is 0 Å². The largest absolute Gasteiger partial charge is 0.332 e. The van der Waals surface area contributed by atoms with E-state index in [1.165, 1.54) is 16.2 Å². The Hall–Kier alpha value is -2.23. The second-order valence-corrected chi connectivity index (χ2v) is 9.58. The molecule has 1 unspecified atom stereocenters. The number of fused-ring (bicyclic) bond motifs is 1. The molecule has 2 aliphatic heterocycles. The average molecular weight is 406 g/mol. The first-order valence-corrected chi connectivity index (χ1v) is 11.2. The number of rotatable bonds is 5. The highest BCUT2D eigenvalue weighted by Crippen LogP contribution is 2.30. The molecule has 0 saturated carbocycles. The molecule has 142 valence electrons. The fourth-order valence-electron chi connectivity index (χ4n) is 3.45. The predicted molar refractivity (Wildman–Crippen MR) is 103 cm³/mol. The van der Waals surface area contributed by atoms with Crippen molar-refractivity contribution in [2.45, 2.75) is 10.9 Å². The maximum absolute atomic E-state index is 12.7. The number of nitrogens with zero attached hydrogens (tertiary/aromatic N) is 3. The van der Waals surface area contributed by atoms with Gasteiger partial charge in [-0.1, -0.05) is 18.2 Å². The van der Waals surface area contributed by atoms with Gasteiger partial charge in [-0.15, -0.1) is 11.3 Å². The van der Waals surface area contributed by atoms with Crippen molar-refractivity contribution >= 4 is 38.1 Å². The number of thiophene rings is 1. The van der Waals surface area contributed by atoms with Crippen LogP contribution in [0.4, 0.5) is 9.80 Å². The molecular formula is C18H19N3O4S2. The molecule has 4 rings (SSSR count). The summed E-state index contributed by atoms with van der Waals surface area (Å²) in [6.07, 6.45) is 0. The predicted octanol–water partition coefficient (Wildman–Crippen LogP) is 1.67. The zero-order valence-corrected chi connectivity index (χ0v) is 16.2. The average Bonchev–Trinajstić information content (AvgIpc) is 3.28. The van der Waals surface area contributed by atoms with Crippen molar-refractivity contribution in [1.82, 2.24) is 9.80 Å². The van der Waals surface area contributed by atoms with Crippen molar-refractivity contribution in [2.75, 3.05) is 36.8 Å². The number of benzene rings is 1. The van der Waals surface area contributed by atoms with Crippen LogP contribution in [-0.4, -0.2) is 68.1 Å². The van der Waals surface area contributed by atoms with E-state index in [-0.39, 0.29) is 17.7 Å². The van der Waals surface area contributed by atoms with Gasteiger partial charge in [0.05, 0.1) is 10.6 Å². The fourth-order valence-corrected chi connectivity index (χ4v) is 5.48. The number of piperazine rings is 1. The monoisotopic (exact) mass is 405 g/mol. The van der Waals surface area contributed by atoms with Crippen LogP contribution in [0.2, 0.25) is 0 Å². The summed E-state index contributed by atoms with van der Waals surface area (Å²) in [5, 5.41) is 2.45. The Morgan fingerprint density at radius 1 is 1.04 bits per heavy atom. The van der Waals surface area contributed by atoms with E-state index >= 15 is 0 Å². The molecule has 0 N–H and O–H groups in total. The molecular weight excluding hydrogens is 386 g/mol. The van der Waals surface area contributed by atoms with Gasteiger partial charge < -0.3 is 4.90 Å². The molecule has 1 aromatic carbocycles. The Balaban J connectivity index is 1.43. The van der Waals surface area contributed by atoms with E-state index in [0.717, 1.165) is 0 Å². The first-order valence-electron chi connectivity index (χ1n) is 8.65. The van der Waals surface area contributed by atoms with Crippen LogP contribution in [0.5, 0.6) is 0 Å². The highest BCUT2D eigenvalue weighted by atomic mass is 32.2. The lowest BCUT2D eigenvalue weighted by atomic mass is 10.2. The third kappa shape index (κ3) is 3.38. The van der Waals surface area contributed by atoms with Crippen LogP contribution in [0.1, 0.15) is 0 Å². The first kappa shape index (κ1) is 18.1. The van der Waals surface area contributed by atoms with Gasteiger partial charge in [-0.05, 0) is 29.6 Å². The molecule has 9 heteroatoms. The highest BCUT2D eigenvalue weighted by Gasteiger charge is 2.48. The van der Waals surface area contributed by atoms with E-state index in [1.807, 2.05) is 10.3 Å². The summed E-state index contributed by atoms with van der Waals surface area (Å²) in [4.78, 5) is 30.4. The van der Waals surface area contributed by atoms with Crippen LogP contribution in [0, 0.1) is 0 Å². The van der Waals surface area contributed by atoms with Crippen LogP contribution in [-0.2, 0) is 14.6 Å². The third-order valence-corrected chi connectivity index (χ3v) is 7.48. The molecule has 1 atom stereocenters. The number of urea groups is 1. The van der Waals surface area contributed by atoms with Gasteiger partial charge in [0.1, 0.15) is 11.0 Å². The first-order chi connectivity index (χ1) is 13.0. The molecule has 2 aliphatic rings. The van der Waals surface area contributed by atoms with Crippen molar-refractivity contribution in [2.24, 2.45) is 0 Å². The van der Waals surface area contributed by atoms with Gasteiger partial charge in [-0.2, -0.15) is 0 Å². The van der Waals surface area contributed by atoms with Crippen molar-refractivity contribution in [3.8, 4) is 0 Å². The summed E-state index contributed by atoms with van der Waals surface area (Å²) >= 11 is 1.35. The molecule has 2 aromatic rings. The van der Waals surface area contributed by atoms with E-state index in [2.05, 4.69) is 0 Å². The number of hydrogen-bond donors (Lipinski definition) is 0. The van der Waals surface area contributed by atoms with Crippen LogP contribution in [0.25, 0.3) is 0 Å². The summed E-state index contributed by atoms with van der Waals surface area (Å²) in [6.45, 7) is 1.67. The Kier molecular flexibility index (Phi) is 4.75. The maximum atomic E-state index is 12.7. The number of hydrogen-bond acceptors (Lipinski definition) is 6. The third-order valence-electron chi connectivity index (χ3n) is 4.91. The van der Waals surface area contributed by atoms with Crippen LogP contribution in [0.15, 0.2) is 52.7 Å². The molecule has 0 bridgehead atoms. The van der Waals surface area contributed by atoms with Crippen molar-refractivity contribution in [3.05, 3.63) is 47.8 Å². The number of carbonyl (C=O) groups excluding carboxylic acids is 2. The van der Waals surface area contributed by atoms with Gasteiger partial charge >= 0.3 is 6.03 Å². The van der Waals surface area contributed by atoms with Gasteiger partial charge in [0, 0.05) is 26.2 Å². The molecule has 0 radical (unpaired) electrons. The zero-order valence-electron chi connectivity index (χ0n) is 14.5. The number of carbonyl (C=O) groups is 2. The van der Waals surface area contributed by atoms with Gasteiger partial charge in [-0.25, -0.2) is 18.1 Å². The second-order valence-electron chi connectivity index (χ2n) is 6.55. The van der Waals surface area contributed by atoms with E-state index in [4.69, 9.17) is 0 Å². The molecule has 2 fully saturated rings. The number of anilines is 1. The minimum absolute atomic E-state index is 0.0134. The smallest absolute Gasteiger partial charge is 0.309 e. The normalized spacial score (nSPS) is 21.0. The molecule has 27 heavy (non-hydrogen) atoms. The summed E-state index contributed by atoms with van der Waals surface area (Å²) in [5.74, 6) is -0.251. The van der Waals surface area contributed by atoms with Crippen LogP contribution in [0.3, 0.4) is 0 Å². The summed E-state index contributed by atoms with van der Waals surface area (Å²) in [7, 11) is -3.37. The molecule has 2 saturated heterocycles. The lowest BCUT2D eigenvalue weighted by molar-refractivity contribution is -0.121. The Morgan fingerprint density at radius 2 is 1.81 bits per heavy atom. The Bertz CT molecular complexity index is 944. The van der Waals surface area contributed by atoms with Crippen LogP contribution >= 0.6 is 11.3 Å². The SMILES string of the molecule is O=C1C2CN(CCS(=O)(=O)c3ccccc3)CCN2C(=O)N1c1cccs1. The van der Waals surface area contributed by atoms with Gasteiger partial charge in [0.25, 0.3) is 5.91 Å². The van der Waals surface area contributed by atoms with Gasteiger partial charge in [0.2, 0.25) is 0 Å². The summed E-state index contributed by atoms with van der Waals surface area (Å²) in [6, 6.07) is 11.1. The molecule has 7 nitrogen and oxygen atoms in total. The summed E-state index contributed by atoms with van der Waals surface area (Å²) in [5.41, 5.74) is 0. The molecule has 3 amide bonds. The molecule has 1 aromatic heterocycles. The lowest BCUT2D eigenvalue weighted by Crippen LogP contribution is -2.53. The van der Waals surface area contributed by atoms with E-state index < -0.39 is 15.9 Å². The Morgan fingerprint density at radius 3 is 2.52 bits per heavy atom. The quantitative estimate of drug-likeness (QED) is 0.708. The number of sulfone groups is 1. The Labute approximate surface area is 161 Å². The van der Waals surface area contributed by atoms with Crippen molar-refractivity contribution in [3.63, 3.8) is 0 Å². The molecule has 3 heterocycles. The molecule has 0 aliphatic carbocycles. The number of imide groups is 1. The molecule has 0 spiro atoms. The van der Waals surface area contributed by atoms with E-state index in [0.29, 0.717) is 36.1 Å². The minimum Gasteiger partial charge on any atom is -0.309 e. The lowest BCUT2D eigenvalue weighted by Gasteiger charge is -2.35.